The largest absolute Gasteiger partial charge is 0.392 e. The number of halogens is 1. The molecule has 1 unspecified atom stereocenters. The number of benzene rings is 2. The number of hydrogen-bond donors (Lipinski definition) is 3. The van der Waals surface area contributed by atoms with Gasteiger partial charge in [0, 0.05) is 31.8 Å². The Morgan fingerprint density at radius 3 is 2.38 bits per heavy atom. The van der Waals surface area contributed by atoms with E-state index >= 15 is 0 Å². The SMILES string of the molecule is CN1C(c2ccc(CO)cc2)=C(c2ccc(C#N)c(F)c2)C=C(N2CCC(N)CC2)C1O. The zero-order valence-electron chi connectivity index (χ0n) is 18.0. The predicted molar refractivity (Wildman–Crippen MR) is 121 cm³/mol. The lowest BCUT2D eigenvalue weighted by molar-refractivity contribution is 0.0586. The Balaban J connectivity index is 1.87. The van der Waals surface area contributed by atoms with E-state index < -0.39 is 12.0 Å². The highest BCUT2D eigenvalue weighted by atomic mass is 19.1. The summed E-state index contributed by atoms with van der Waals surface area (Å²) in [4.78, 5) is 3.92. The fourth-order valence-electron chi connectivity index (χ4n) is 4.33. The van der Waals surface area contributed by atoms with Crippen LogP contribution in [-0.4, -0.2) is 52.4 Å². The normalized spacial score (nSPS) is 19.8. The van der Waals surface area contributed by atoms with Gasteiger partial charge in [-0.3, -0.25) is 0 Å². The molecule has 0 saturated carbocycles. The maximum Gasteiger partial charge on any atom is 0.168 e. The molecule has 0 aliphatic carbocycles. The van der Waals surface area contributed by atoms with Crippen molar-refractivity contribution in [2.24, 2.45) is 5.73 Å². The fourth-order valence-corrected chi connectivity index (χ4v) is 4.33. The van der Waals surface area contributed by atoms with E-state index in [0.717, 1.165) is 54.0 Å². The summed E-state index contributed by atoms with van der Waals surface area (Å²) in [6.45, 7) is 1.42. The lowest BCUT2D eigenvalue weighted by atomic mass is 9.92. The average molecular weight is 435 g/mol. The topological polar surface area (TPSA) is 96.8 Å². The first-order valence-electron chi connectivity index (χ1n) is 10.7. The van der Waals surface area contributed by atoms with Gasteiger partial charge in [0.15, 0.2) is 6.23 Å². The van der Waals surface area contributed by atoms with Gasteiger partial charge in [-0.05, 0) is 47.7 Å². The van der Waals surface area contributed by atoms with Crippen molar-refractivity contribution in [1.29, 1.82) is 5.26 Å². The van der Waals surface area contributed by atoms with E-state index in [0.29, 0.717) is 5.56 Å². The first-order chi connectivity index (χ1) is 15.4. The summed E-state index contributed by atoms with van der Waals surface area (Å²) in [5, 5.41) is 29.7. The van der Waals surface area contributed by atoms with E-state index in [4.69, 9.17) is 11.0 Å². The second-order valence-corrected chi connectivity index (χ2v) is 8.30. The highest BCUT2D eigenvalue weighted by Gasteiger charge is 2.32. The van der Waals surface area contributed by atoms with E-state index in [1.54, 1.807) is 11.0 Å². The van der Waals surface area contributed by atoms with Gasteiger partial charge in [0.2, 0.25) is 0 Å². The number of nitriles is 1. The number of likely N-dealkylation sites (N-methyl/N-ethyl adjacent to an activating group) is 1. The third-order valence-corrected chi connectivity index (χ3v) is 6.25. The number of rotatable bonds is 4. The van der Waals surface area contributed by atoms with Crippen molar-refractivity contribution in [3.05, 3.63) is 82.3 Å². The molecule has 32 heavy (non-hydrogen) atoms. The molecule has 0 aromatic heterocycles. The minimum Gasteiger partial charge on any atom is -0.392 e. The first-order valence-corrected chi connectivity index (χ1v) is 10.7. The Labute approximate surface area is 187 Å². The number of nitrogens with two attached hydrogens (primary N) is 1. The number of likely N-dealkylation sites (tertiary alicyclic amines) is 1. The summed E-state index contributed by atoms with van der Waals surface area (Å²) in [7, 11) is 1.81. The van der Waals surface area contributed by atoms with Crippen molar-refractivity contribution in [2.45, 2.75) is 31.7 Å². The van der Waals surface area contributed by atoms with Gasteiger partial charge in [0.05, 0.1) is 23.6 Å². The van der Waals surface area contributed by atoms with Gasteiger partial charge in [-0.15, -0.1) is 0 Å². The molecule has 2 heterocycles. The lowest BCUT2D eigenvalue weighted by Gasteiger charge is -2.42. The second kappa shape index (κ2) is 9.13. The molecule has 0 spiro atoms. The van der Waals surface area contributed by atoms with Gasteiger partial charge in [0.1, 0.15) is 11.9 Å². The standard InChI is InChI=1S/C25H27FN4O2/c1-29-24(17-4-2-16(15-31)3-5-17)21(18-6-7-19(14-27)22(26)12-18)13-23(25(29)32)30-10-8-20(28)9-11-30/h2-7,12-13,20,25,31-32H,8-11,15,28H2,1H3. The van der Waals surface area contributed by atoms with Crippen LogP contribution in [0.15, 0.2) is 54.2 Å². The summed E-state index contributed by atoms with van der Waals surface area (Å²) >= 11 is 0. The van der Waals surface area contributed by atoms with Crippen LogP contribution in [0.1, 0.15) is 35.1 Å². The van der Waals surface area contributed by atoms with Crippen molar-refractivity contribution in [1.82, 2.24) is 9.80 Å². The number of nitrogens with zero attached hydrogens (tertiary/aromatic N) is 3. The zero-order valence-corrected chi connectivity index (χ0v) is 18.0. The summed E-state index contributed by atoms with van der Waals surface area (Å²) in [5.41, 5.74) is 10.5. The van der Waals surface area contributed by atoms with E-state index in [-0.39, 0.29) is 18.2 Å². The van der Waals surface area contributed by atoms with Gasteiger partial charge in [-0.2, -0.15) is 5.26 Å². The first kappa shape index (κ1) is 22.0. The van der Waals surface area contributed by atoms with Crippen LogP contribution < -0.4 is 5.73 Å². The summed E-state index contributed by atoms with van der Waals surface area (Å²) in [5.74, 6) is -0.583. The number of aliphatic hydroxyl groups excluding tert-OH is 2. The molecule has 4 rings (SSSR count). The molecule has 2 aliphatic rings. The Bertz CT molecular complexity index is 1100. The van der Waals surface area contributed by atoms with E-state index in [2.05, 4.69) is 4.90 Å². The smallest absolute Gasteiger partial charge is 0.168 e. The Morgan fingerprint density at radius 1 is 1.12 bits per heavy atom. The minimum atomic E-state index is -0.871. The third kappa shape index (κ3) is 4.13. The molecule has 0 bridgehead atoms. The highest BCUT2D eigenvalue weighted by molar-refractivity contribution is 5.96. The molecule has 1 saturated heterocycles. The van der Waals surface area contributed by atoms with Crippen LogP contribution in [0.4, 0.5) is 4.39 Å². The molecule has 166 valence electrons. The molecular formula is C25H27FN4O2. The van der Waals surface area contributed by atoms with Gasteiger partial charge in [-0.1, -0.05) is 30.3 Å². The number of aliphatic hydroxyl groups is 2. The minimum absolute atomic E-state index is 0.0124. The van der Waals surface area contributed by atoms with Crippen LogP contribution in [0, 0.1) is 17.1 Å². The van der Waals surface area contributed by atoms with Gasteiger partial charge >= 0.3 is 0 Å². The second-order valence-electron chi connectivity index (χ2n) is 8.30. The molecule has 2 aromatic rings. The van der Waals surface area contributed by atoms with Crippen molar-refractivity contribution in [3.63, 3.8) is 0 Å². The quantitative estimate of drug-likeness (QED) is 0.685. The average Bonchev–Trinajstić information content (AvgIpc) is 2.81. The van der Waals surface area contributed by atoms with Gasteiger partial charge in [-0.25, -0.2) is 4.39 Å². The Kier molecular flexibility index (Phi) is 6.28. The number of allylic oxidation sites excluding steroid dienone is 2. The van der Waals surface area contributed by atoms with Gasteiger partial charge in [0.25, 0.3) is 0 Å². The molecule has 2 aromatic carbocycles. The maximum atomic E-state index is 14.5. The monoisotopic (exact) mass is 434 g/mol. The van der Waals surface area contributed by atoms with Crippen LogP contribution in [0.2, 0.25) is 0 Å². The number of piperidine rings is 1. The number of hydrogen-bond acceptors (Lipinski definition) is 6. The van der Waals surface area contributed by atoms with Crippen LogP contribution in [-0.2, 0) is 6.61 Å². The lowest BCUT2D eigenvalue weighted by Crippen LogP contribution is -2.46. The van der Waals surface area contributed by atoms with Crippen LogP contribution >= 0.6 is 0 Å². The van der Waals surface area contributed by atoms with E-state index in [1.165, 1.54) is 12.1 Å². The molecule has 0 amide bonds. The molecule has 6 nitrogen and oxygen atoms in total. The van der Waals surface area contributed by atoms with Crippen molar-refractivity contribution in [3.8, 4) is 6.07 Å². The Morgan fingerprint density at radius 2 is 1.78 bits per heavy atom. The van der Waals surface area contributed by atoms with Gasteiger partial charge < -0.3 is 25.7 Å². The van der Waals surface area contributed by atoms with E-state index in [1.807, 2.05) is 43.5 Å². The summed E-state index contributed by atoms with van der Waals surface area (Å²) in [6, 6.07) is 14.0. The third-order valence-electron chi connectivity index (χ3n) is 6.25. The molecule has 0 radical (unpaired) electrons. The fraction of sp³-hybridized carbons (Fsp3) is 0.320. The molecule has 2 aliphatic heterocycles. The Hall–Kier alpha value is -3.18. The zero-order chi connectivity index (χ0) is 22.8. The summed E-state index contributed by atoms with van der Waals surface area (Å²) < 4.78 is 14.5. The molecule has 7 heteroatoms. The van der Waals surface area contributed by atoms with Crippen molar-refractivity contribution in [2.75, 3.05) is 20.1 Å². The highest BCUT2D eigenvalue weighted by Crippen LogP contribution is 2.38. The van der Waals surface area contributed by atoms with Crippen LogP contribution in [0.5, 0.6) is 0 Å². The van der Waals surface area contributed by atoms with Crippen molar-refractivity contribution < 1.29 is 14.6 Å². The predicted octanol–water partition coefficient (Wildman–Crippen LogP) is 2.63. The molecule has 1 atom stereocenters. The molecular weight excluding hydrogens is 407 g/mol. The maximum absolute atomic E-state index is 14.5. The van der Waals surface area contributed by atoms with E-state index in [9.17, 15) is 14.6 Å². The van der Waals surface area contributed by atoms with Crippen molar-refractivity contribution >= 4 is 11.3 Å². The molecule has 4 N–H and O–H groups in total. The molecule has 1 fully saturated rings. The summed E-state index contributed by atoms with van der Waals surface area (Å²) in [6.07, 6.45) is 2.72. The van der Waals surface area contributed by atoms with Crippen LogP contribution in [0.3, 0.4) is 0 Å². The van der Waals surface area contributed by atoms with Crippen LogP contribution in [0.25, 0.3) is 11.3 Å².